The van der Waals surface area contributed by atoms with Crippen molar-refractivity contribution >= 4 is 23.2 Å². The van der Waals surface area contributed by atoms with Crippen LogP contribution in [0.3, 0.4) is 0 Å². The van der Waals surface area contributed by atoms with Gasteiger partial charge in [0.05, 0.1) is 11.1 Å². The Labute approximate surface area is 135 Å². The highest BCUT2D eigenvalue weighted by atomic mass is 35.5. The van der Waals surface area contributed by atoms with Gasteiger partial charge in [-0.25, -0.2) is 0 Å². The van der Waals surface area contributed by atoms with E-state index in [4.69, 9.17) is 32.7 Å². The molecule has 0 aliphatic carbocycles. The fourth-order valence-electron chi connectivity index (χ4n) is 2.26. The van der Waals surface area contributed by atoms with Crippen molar-refractivity contribution < 1.29 is 14.6 Å². The first kappa shape index (κ1) is 16.8. The van der Waals surface area contributed by atoms with E-state index in [1.807, 2.05) is 6.92 Å². The zero-order chi connectivity index (χ0) is 15.5. The number of aliphatic hydroxyl groups excluding tert-OH is 1. The number of hydrogen-bond donors (Lipinski definition) is 2. The Morgan fingerprint density at radius 1 is 1.52 bits per heavy atom. The lowest BCUT2D eigenvalue weighted by Gasteiger charge is -2.30. The summed E-state index contributed by atoms with van der Waals surface area (Å²) in [6, 6.07) is 5.01. The molecule has 4 nitrogen and oxygen atoms in total. The maximum atomic E-state index is 10.0. The molecular formula is C15H21Cl2NO3. The Bertz CT molecular complexity index is 486. The molecule has 1 aliphatic heterocycles. The summed E-state index contributed by atoms with van der Waals surface area (Å²) in [5, 5.41) is 14.4. The van der Waals surface area contributed by atoms with Gasteiger partial charge in [0.2, 0.25) is 0 Å². The molecule has 1 aromatic carbocycles. The van der Waals surface area contributed by atoms with Crippen molar-refractivity contribution in [3.05, 3.63) is 28.2 Å². The van der Waals surface area contributed by atoms with Crippen molar-refractivity contribution in [2.45, 2.75) is 38.0 Å². The number of nitrogens with one attached hydrogen (secondary N) is 1. The Morgan fingerprint density at radius 2 is 2.29 bits per heavy atom. The minimum atomic E-state index is -0.624. The first-order valence-corrected chi connectivity index (χ1v) is 7.79. The lowest BCUT2D eigenvalue weighted by atomic mass is 9.94. The van der Waals surface area contributed by atoms with Gasteiger partial charge >= 0.3 is 0 Å². The van der Waals surface area contributed by atoms with Gasteiger partial charge in [-0.1, -0.05) is 23.2 Å². The summed E-state index contributed by atoms with van der Waals surface area (Å²) in [5.41, 5.74) is -0.0983. The predicted octanol–water partition coefficient (Wildman–Crippen LogP) is 2.89. The summed E-state index contributed by atoms with van der Waals surface area (Å²) in [6.45, 7) is 5.50. The molecule has 1 heterocycles. The second-order valence-corrected chi connectivity index (χ2v) is 6.44. The molecule has 2 N–H and O–H groups in total. The van der Waals surface area contributed by atoms with E-state index in [0.717, 1.165) is 13.0 Å². The van der Waals surface area contributed by atoms with Gasteiger partial charge in [0.25, 0.3) is 0 Å². The van der Waals surface area contributed by atoms with E-state index in [0.29, 0.717) is 22.3 Å². The fourth-order valence-corrected chi connectivity index (χ4v) is 2.72. The van der Waals surface area contributed by atoms with Crippen LogP contribution in [0.2, 0.25) is 10.0 Å². The van der Waals surface area contributed by atoms with Crippen molar-refractivity contribution in [3.8, 4) is 5.75 Å². The van der Waals surface area contributed by atoms with Crippen molar-refractivity contribution in [3.63, 3.8) is 0 Å². The molecule has 3 unspecified atom stereocenters. The molecule has 1 fully saturated rings. The number of aliphatic hydroxyl groups is 1. The number of halogens is 2. The van der Waals surface area contributed by atoms with Crippen molar-refractivity contribution in [1.82, 2.24) is 5.32 Å². The number of hydrogen-bond acceptors (Lipinski definition) is 4. The van der Waals surface area contributed by atoms with Crippen LogP contribution in [0.25, 0.3) is 0 Å². The van der Waals surface area contributed by atoms with Gasteiger partial charge in [-0.2, -0.15) is 0 Å². The summed E-state index contributed by atoms with van der Waals surface area (Å²) in [6.07, 6.45) is 0.447. The molecule has 0 radical (unpaired) electrons. The van der Waals surface area contributed by atoms with Gasteiger partial charge in [-0.3, -0.25) is 0 Å². The SMILES string of the molecule is CC1OCCC1(C)NCC(O)COc1ccc(Cl)cc1Cl. The molecule has 1 aliphatic rings. The molecule has 6 heteroatoms. The van der Waals surface area contributed by atoms with Gasteiger partial charge in [0, 0.05) is 23.7 Å². The maximum Gasteiger partial charge on any atom is 0.138 e. The molecule has 0 saturated carbocycles. The lowest BCUT2D eigenvalue weighted by Crippen LogP contribution is -2.51. The Balaban J connectivity index is 1.78. The number of β-amino-alcohol motifs (C(OH)–C–C–N with tert-alkyl or cyclic N) is 1. The molecule has 1 aromatic rings. The zero-order valence-electron chi connectivity index (χ0n) is 12.2. The van der Waals surface area contributed by atoms with Crippen LogP contribution in [0, 0.1) is 0 Å². The molecule has 21 heavy (non-hydrogen) atoms. The predicted molar refractivity (Wildman–Crippen MR) is 84.4 cm³/mol. The average molecular weight is 334 g/mol. The van der Waals surface area contributed by atoms with E-state index in [2.05, 4.69) is 12.2 Å². The highest BCUT2D eigenvalue weighted by molar-refractivity contribution is 6.35. The molecule has 0 bridgehead atoms. The number of benzene rings is 1. The first-order chi connectivity index (χ1) is 9.90. The van der Waals surface area contributed by atoms with Crippen LogP contribution in [0.15, 0.2) is 18.2 Å². The van der Waals surface area contributed by atoms with Crippen molar-refractivity contribution in [2.24, 2.45) is 0 Å². The van der Waals surface area contributed by atoms with Crippen molar-refractivity contribution in [1.29, 1.82) is 0 Å². The molecule has 0 amide bonds. The standard InChI is InChI=1S/C15H21Cl2NO3/c1-10-15(2,5-6-20-10)18-8-12(19)9-21-14-4-3-11(16)7-13(14)17/h3-4,7,10,12,18-19H,5-6,8-9H2,1-2H3. The molecular weight excluding hydrogens is 313 g/mol. The lowest BCUT2D eigenvalue weighted by molar-refractivity contribution is 0.0687. The van der Waals surface area contributed by atoms with E-state index in [1.54, 1.807) is 18.2 Å². The summed E-state index contributed by atoms with van der Waals surface area (Å²) < 4.78 is 11.1. The number of ether oxygens (including phenoxy) is 2. The van der Waals surface area contributed by atoms with E-state index < -0.39 is 6.10 Å². The third-order valence-corrected chi connectivity index (χ3v) is 4.48. The van der Waals surface area contributed by atoms with Crippen LogP contribution < -0.4 is 10.1 Å². The van der Waals surface area contributed by atoms with Crippen LogP contribution in [-0.2, 0) is 4.74 Å². The monoisotopic (exact) mass is 333 g/mol. The van der Waals surface area contributed by atoms with Crippen LogP contribution >= 0.6 is 23.2 Å². The normalized spacial score (nSPS) is 26.8. The van der Waals surface area contributed by atoms with Crippen LogP contribution in [0.1, 0.15) is 20.3 Å². The van der Waals surface area contributed by atoms with E-state index in [1.165, 1.54) is 0 Å². The molecule has 0 spiro atoms. The second kappa shape index (κ2) is 7.16. The summed E-state index contributed by atoms with van der Waals surface area (Å²) >= 11 is 11.8. The largest absolute Gasteiger partial charge is 0.489 e. The van der Waals surface area contributed by atoms with Gasteiger partial charge in [-0.05, 0) is 38.5 Å². The summed E-state index contributed by atoms with van der Waals surface area (Å²) in [7, 11) is 0. The Hall–Kier alpha value is -0.520. The minimum Gasteiger partial charge on any atom is -0.489 e. The van der Waals surface area contributed by atoms with Gasteiger partial charge in [-0.15, -0.1) is 0 Å². The highest BCUT2D eigenvalue weighted by Gasteiger charge is 2.36. The summed E-state index contributed by atoms with van der Waals surface area (Å²) in [5.74, 6) is 0.517. The third-order valence-electron chi connectivity index (χ3n) is 3.95. The maximum absolute atomic E-state index is 10.0. The Kier molecular flexibility index (Phi) is 5.74. The topological polar surface area (TPSA) is 50.7 Å². The zero-order valence-corrected chi connectivity index (χ0v) is 13.7. The van der Waals surface area contributed by atoms with Crippen LogP contribution in [0.4, 0.5) is 0 Å². The average Bonchev–Trinajstić information content (AvgIpc) is 2.76. The van der Waals surface area contributed by atoms with Crippen LogP contribution in [-0.4, -0.2) is 42.6 Å². The molecule has 2 rings (SSSR count). The summed E-state index contributed by atoms with van der Waals surface area (Å²) in [4.78, 5) is 0. The Morgan fingerprint density at radius 3 is 2.90 bits per heavy atom. The molecule has 1 saturated heterocycles. The number of rotatable bonds is 6. The van der Waals surface area contributed by atoms with Gasteiger partial charge in [0.15, 0.2) is 0 Å². The van der Waals surface area contributed by atoms with E-state index in [9.17, 15) is 5.11 Å². The van der Waals surface area contributed by atoms with E-state index in [-0.39, 0.29) is 18.2 Å². The minimum absolute atomic E-state index is 0.0983. The molecule has 3 atom stereocenters. The van der Waals surface area contributed by atoms with E-state index >= 15 is 0 Å². The van der Waals surface area contributed by atoms with Gasteiger partial charge in [0.1, 0.15) is 18.5 Å². The quantitative estimate of drug-likeness (QED) is 0.840. The molecule has 0 aromatic heterocycles. The van der Waals surface area contributed by atoms with Gasteiger partial charge < -0.3 is 19.9 Å². The fraction of sp³-hybridized carbons (Fsp3) is 0.600. The first-order valence-electron chi connectivity index (χ1n) is 7.03. The van der Waals surface area contributed by atoms with Crippen molar-refractivity contribution in [2.75, 3.05) is 19.8 Å². The smallest absolute Gasteiger partial charge is 0.138 e. The van der Waals surface area contributed by atoms with Crippen LogP contribution in [0.5, 0.6) is 5.75 Å². The molecule has 118 valence electrons. The third kappa shape index (κ3) is 4.47. The highest BCUT2D eigenvalue weighted by Crippen LogP contribution is 2.28. The second-order valence-electron chi connectivity index (χ2n) is 5.60.